The molecule has 0 aliphatic rings. The summed E-state index contributed by atoms with van der Waals surface area (Å²) in [7, 11) is 0. The van der Waals surface area contributed by atoms with Crippen LogP contribution in [0.15, 0.2) is 58.1 Å². The van der Waals surface area contributed by atoms with E-state index in [9.17, 15) is 14.7 Å². The second-order valence-electron chi connectivity index (χ2n) is 5.63. The molecule has 0 radical (unpaired) electrons. The Morgan fingerprint density at radius 1 is 1.19 bits per heavy atom. The molecule has 0 spiro atoms. The zero-order valence-electron chi connectivity index (χ0n) is 14.5. The number of nitrogens with one attached hydrogen (secondary N) is 2. The topological polar surface area (TPSA) is 78.4 Å². The van der Waals surface area contributed by atoms with Crippen LogP contribution in [0.2, 0.25) is 0 Å². The molecule has 1 aromatic carbocycles. The molecule has 27 heavy (non-hydrogen) atoms. The van der Waals surface area contributed by atoms with Crippen molar-refractivity contribution in [3.63, 3.8) is 0 Å². The van der Waals surface area contributed by atoms with Gasteiger partial charge < -0.3 is 15.7 Å². The molecule has 0 bridgehead atoms. The van der Waals surface area contributed by atoms with Crippen molar-refractivity contribution in [3.05, 3.63) is 58.1 Å². The minimum Gasteiger partial charge on any atom is -0.386 e. The lowest BCUT2D eigenvalue weighted by atomic mass is 10.2. The molecule has 1 atom stereocenters. The van der Waals surface area contributed by atoms with E-state index in [-0.39, 0.29) is 6.54 Å². The highest BCUT2D eigenvalue weighted by Crippen LogP contribution is 2.32. The van der Waals surface area contributed by atoms with Crippen LogP contribution >= 0.6 is 34.4 Å². The Labute approximate surface area is 169 Å². The van der Waals surface area contributed by atoms with Gasteiger partial charge in [-0.25, -0.2) is 0 Å². The van der Waals surface area contributed by atoms with Crippen molar-refractivity contribution in [2.75, 3.05) is 18.1 Å². The molecule has 2 heterocycles. The van der Waals surface area contributed by atoms with Gasteiger partial charge in [0, 0.05) is 32.4 Å². The summed E-state index contributed by atoms with van der Waals surface area (Å²) in [6.07, 6.45) is 1.07. The minimum absolute atomic E-state index is 0.0271. The van der Waals surface area contributed by atoms with Crippen LogP contribution in [0.4, 0.5) is 5.69 Å². The Morgan fingerprint density at radius 2 is 2.04 bits per heavy atom. The Kier molecular flexibility index (Phi) is 6.68. The number of hydrogen-bond acceptors (Lipinski definition) is 6. The predicted octanol–water partition coefficient (Wildman–Crippen LogP) is 3.99. The number of aliphatic hydroxyl groups excluding tert-OH is 1. The molecule has 3 aromatic rings. The van der Waals surface area contributed by atoms with Gasteiger partial charge in [-0.15, -0.1) is 23.1 Å². The lowest BCUT2D eigenvalue weighted by Crippen LogP contribution is -2.37. The molecular formula is C19H18N2O3S3. The van der Waals surface area contributed by atoms with Gasteiger partial charge in [0.2, 0.25) is 0 Å². The number of carbonyl (C=O) groups is 2. The molecule has 0 aliphatic carbocycles. The van der Waals surface area contributed by atoms with Crippen LogP contribution in [0, 0.1) is 0 Å². The number of hydrogen-bond donors (Lipinski definition) is 3. The van der Waals surface area contributed by atoms with Gasteiger partial charge in [-0.05, 0) is 53.4 Å². The van der Waals surface area contributed by atoms with Crippen molar-refractivity contribution in [1.29, 1.82) is 0 Å². The first-order valence-corrected chi connectivity index (χ1v) is 11.1. The predicted molar refractivity (Wildman–Crippen MR) is 112 cm³/mol. The number of anilines is 1. The smallest absolute Gasteiger partial charge is 0.313 e. The third kappa shape index (κ3) is 5.20. The number of thioether (sulfide) groups is 1. The highest BCUT2D eigenvalue weighted by Gasteiger charge is 2.17. The number of rotatable bonds is 6. The van der Waals surface area contributed by atoms with Gasteiger partial charge in [0.25, 0.3) is 0 Å². The number of amides is 2. The van der Waals surface area contributed by atoms with Crippen molar-refractivity contribution >= 4 is 51.9 Å². The summed E-state index contributed by atoms with van der Waals surface area (Å²) in [6, 6.07) is 13.0. The molecule has 5 nitrogen and oxygen atoms in total. The number of carbonyl (C=O) groups excluding carboxylic acids is 2. The Morgan fingerprint density at radius 3 is 2.78 bits per heavy atom. The van der Waals surface area contributed by atoms with Crippen LogP contribution < -0.4 is 10.6 Å². The molecule has 3 N–H and O–H groups in total. The van der Waals surface area contributed by atoms with Crippen molar-refractivity contribution < 1.29 is 14.7 Å². The number of thiophene rings is 2. The second-order valence-corrected chi connectivity index (χ2v) is 8.40. The fourth-order valence-corrected chi connectivity index (χ4v) is 4.53. The van der Waals surface area contributed by atoms with Crippen molar-refractivity contribution in [2.24, 2.45) is 0 Å². The third-order valence-corrected chi connectivity index (χ3v) is 6.39. The Balaban J connectivity index is 1.52. The van der Waals surface area contributed by atoms with E-state index in [1.807, 2.05) is 47.3 Å². The van der Waals surface area contributed by atoms with E-state index in [1.54, 1.807) is 35.2 Å². The summed E-state index contributed by atoms with van der Waals surface area (Å²) >= 11 is 4.63. The summed E-state index contributed by atoms with van der Waals surface area (Å²) in [5.41, 5.74) is 1.67. The highest BCUT2D eigenvalue weighted by molar-refractivity contribution is 7.98. The van der Waals surface area contributed by atoms with Crippen LogP contribution in [0.1, 0.15) is 11.0 Å². The fraction of sp³-hybridized carbons (Fsp3) is 0.158. The van der Waals surface area contributed by atoms with Gasteiger partial charge in [-0.1, -0.05) is 6.07 Å². The number of benzene rings is 1. The molecule has 140 valence electrons. The van der Waals surface area contributed by atoms with Gasteiger partial charge in [0.1, 0.15) is 6.10 Å². The first-order chi connectivity index (χ1) is 13.1. The average molecular weight is 419 g/mol. The largest absolute Gasteiger partial charge is 0.386 e. The third-order valence-electron chi connectivity index (χ3n) is 3.75. The Hall–Kier alpha value is -2.13. The fourth-order valence-electron chi connectivity index (χ4n) is 2.35. The molecule has 1 unspecified atom stereocenters. The van der Waals surface area contributed by atoms with Crippen molar-refractivity contribution in [2.45, 2.75) is 11.0 Å². The van der Waals surface area contributed by atoms with Gasteiger partial charge in [-0.2, -0.15) is 11.3 Å². The van der Waals surface area contributed by atoms with Crippen molar-refractivity contribution in [3.8, 4) is 10.4 Å². The van der Waals surface area contributed by atoms with E-state index in [0.717, 1.165) is 20.2 Å². The van der Waals surface area contributed by atoms with Crippen LogP contribution in [0.25, 0.3) is 10.4 Å². The number of aliphatic hydroxyl groups is 1. The zero-order chi connectivity index (χ0) is 19.2. The summed E-state index contributed by atoms with van der Waals surface area (Å²) in [5.74, 6) is -1.54. The standard InChI is InChI=1S/C19H18N2O3S3/c1-25-14-4-2-3-13(9-14)21-19(24)18(23)20-10-15(22)17-6-5-16(27-17)12-7-8-26-11-12/h2-9,11,15,22H,10H2,1H3,(H,20,23)(H,21,24). The first kappa shape index (κ1) is 19.6. The van der Waals surface area contributed by atoms with E-state index in [0.29, 0.717) is 5.69 Å². The molecular weight excluding hydrogens is 400 g/mol. The normalized spacial score (nSPS) is 11.8. The molecule has 2 aromatic heterocycles. The van der Waals surface area contributed by atoms with Gasteiger partial charge in [0.15, 0.2) is 0 Å². The quantitative estimate of drug-likeness (QED) is 0.418. The van der Waals surface area contributed by atoms with E-state index in [2.05, 4.69) is 10.6 Å². The SMILES string of the molecule is CSc1cccc(NC(=O)C(=O)NCC(O)c2ccc(-c3ccsc3)s2)c1. The van der Waals surface area contributed by atoms with Crippen molar-refractivity contribution in [1.82, 2.24) is 5.32 Å². The molecule has 2 amide bonds. The van der Waals surface area contributed by atoms with E-state index >= 15 is 0 Å². The maximum Gasteiger partial charge on any atom is 0.313 e. The van der Waals surface area contributed by atoms with Gasteiger partial charge in [0.05, 0.1) is 0 Å². The molecule has 0 aliphatic heterocycles. The van der Waals surface area contributed by atoms with E-state index < -0.39 is 17.9 Å². The molecule has 8 heteroatoms. The summed E-state index contributed by atoms with van der Waals surface area (Å²) in [6.45, 7) is -0.0271. The molecule has 0 fully saturated rings. The average Bonchev–Trinajstić information content (AvgIpc) is 3.37. The monoisotopic (exact) mass is 418 g/mol. The lowest BCUT2D eigenvalue weighted by Gasteiger charge is -2.10. The summed E-state index contributed by atoms with van der Waals surface area (Å²) in [4.78, 5) is 26.8. The zero-order valence-corrected chi connectivity index (χ0v) is 16.9. The first-order valence-electron chi connectivity index (χ1n) is 8.10. The summed E-state index contributed by atoms with van der Waals surface area (Å²) < 4.78 is 0. The molecule has 0 saturated heterocycles. The maximum atomic E-state index is 12.0. The van der Waals surface area contributed by atoms with Crippen LogP contribution in [-0.4, -0.2) is 29.7 Å². The molecule has 0 saturated carbocycles. The molecule has 3 rings (SSSR count). The van der Waals surface area contributed by atoms with Crippen LogP contribution in [0.3, 0.4) is 0 Å². The lowest BCUT2D eigenvalue weighted by molar-refractivity contribution is -0.136. The maximum absolute atomic E-state index is 12.0. The van der Waals surface area contributed by atoms with Gasteiger partial charge >= 0.3 is 11.8 Å². The van der Waals surface area contributed by atoms with Crippen LogP contribution in [0.5, 0.6) is 0 Å². The minimum atomic E-state index is -0.862. The van der Waals surface area contributed by atoms with Crippen LogP contribution in [-0.2, 0) is 9.59 Å². The van der Waals surface area contributed by atoms with E-state index in [1.165, 1.54) is 11.3 Å². The summed E-state index contributed by atoms with van der Waals surface area (Å²) in [5, 5.41) is 19.4. The second kappa shape index (κ2) is 9.18. The highest BCUT2D eigenvalue weighted by atomic mass is 32.2. The van der Waals surface area contributed by atoms with E-state index in [4.69, 9.17) is 0 Å². The van der Waals surface area contributed by atoms with Gasteiger partial charge in [-0.3, -0.25) is 9.59 Å². The Bertz CT molecular complexity index is 922.